The van der Waals surface area contributed by atoms with Gasteiger partial charge in [-0.15, -0.1) is 0 Å². The smallest absolute Gasteiger partial charge is 0.283 e. The fraction of sp³-hybridized carbons (Fsp3) is 0.480. The Morgan fingerprint density at radius 1 is 1.07 bits per heavy atom. The maximum Gasteiger partial charge on any atom is 0.283 e. The van der Waals surface area contributed by atoms with Crippen LogP contribution in [0.15, 0.2) is 41.4 Å². The number of nitrogens with two attached hydrogens (primary N) is 1. The molecule has 5 nitrogen and oxygen atoms in total. The molecule has 1 fully saturated rings. The van der Waals surface area contributed by atoms with E-state index in [1.165, 1.54) is 31.2 Å². The number of nitrogens with zero attached hydrogens (tertiary/aromatic N) is 1. The molecular formula is C25H30N2O3. The first-order valence-electron chi connectivity index (χ1n) is 10.9. The second kappa shape index (κ2) is 6.93. The van der Waals surface area contributed by atoms with E-state index in [1.807, 2.05) is 18.2 Å². The summed E-state index contributed by atoms with van der Waals surface area (Å²) in [5.74, 6) is 3.03. The second-order valence-corrected chi connectivity index (χ2v) is 9.95. The van der Waals surface area contributed by atoms with Gasteiger partial charge in [0, 0.05) is 11.1 Å². The maximum atomic E-state index is 6.30. The van der Waals surface area contributed by atoms with E-state index in [9.17, 15) is 0 Å². The quantitative estimate of drug-likeness (QED) is 0.735. The highest BCUT2D eigenvalue weighted by molar-refractivity contribution is 5.77. The number of fused-ring (bicyclic) bond motifs is 4. The number of aliphatic imine (C=N–C) groups is 1. The molecule has 1 aliphatic carbocycles. The molecule has 1 spiro atoms. The van der Waals surface area contributed by atoms with Crippen LogP contribution in [-0.4, -0.2) is 19.2 Å². The van der Waals surface area contributed by atoms with E-state index in [0.29, 0.717) is 19.1 Å². The van der Waals surface area contributed by atoms with Crippen molar-refractivity contribution in [2.45, 2.75) is 57.9 Å². The molecule has 0 amide bonds. The monoisotopic (exact) mass is 406 g/mol. The average Bonchev–Trinajstić information content (AvgIpc) is 3.37. The third-order valence-corrected chi connectivity index (χ3v) is 6.29. The first-order valence-corrected chi connectivity index (χ1v) is 10.9. The van der Waals surface area contributed by atoms with E-state index in [-0.39, 0.29) is 11.4 Å². The zero-order chi connectivity index (χ0) is 20.9. The van der Waals surface area contributed by atoms with Crippen molar-refractivity contribution < 1.29 is 14.2 Å². The first kappa shape index (κ1) is 19.3. The summed E-state index contributed by atoms with van der Waals surface area (Å²) >= 11 is 0. The van der Waals surface area contributed by atoms with Crippen LogP contribution in [0.4, 0.5) is 0 Å². The van der Waals surface area contributed by atoms with Gasteiger partial charge < -0.3 is 19.9 Å². The van der Waals surface area contributed by atoms with Gasteiger partial charge in [-0.3, -0.25) is 0 Å². The van der Waals surface area contributed by atoms with E-state index in [1.54, 1.807) is 0 Å². The fourth-order valence-electron chi connectivity index (χ4n) is 4.75. The second-order valence-electron chi connectivity index (χ2n) is 9.95. The van der Waals surface area contributed by atoms with Crippen LogP contribution in [0, 0.1) is 5.41 Å². The topological polar surface area (TPSA) is 66.1 Å². The Morgan fingerprint density at radius 2 is 1.77 bits per heavy atom. The van der Waals surface area contributed by atoms with Gasteiger partial charge in [0.25, 0.3) is 6.02 Å². The first-order chi connectivity index (χ1) is 14.3. The number of amidine groups is 1. The summed E-state index contributed by atoms with van der Waals surface area (Å²) in [6, 6.07) is 12.7. The van der Waals surface area contributed by atoms with Gasteiger partial charge in [-0.05, 0) is 60.1 Å². The molecule has 0 aromatic heterocycles. The molecule has 158 valence electrons. The molecule has 5 heteroatoms. The van der Waals surface area contributed by atoms with Crippen molar-refractivity contribution in [1.29, 1.82) is 0 Å². The van der Waals surface area contributed by atoms with Gasteiger partial charge in [0.15, 0.2) is 5.54 Å². The third kappa shape index (κ3) is 3.30. The number of hydrogen-bond donors (Lipinski definition) is 1. The normalized spacial score (nSPS) is 22.8. The highest BCUT2D eigenvalue weighted by Crippen LogP contribution is 2.52. The number of ether oxygens (including phenoxy) is 3. The SMILES string of the molecule is CC(C)(C)COc1ccc2c(c1)[C@]1(COC(N)=N1)c1cc(C3CCCC3)ccc1O2. The fourth-order valence-corrected chi connectivity index (χ4v) is 4.75. The van der Waals surface area contributed by atoms with Crippen molar-refractivity contribution in [2.75, 3.05) is 13.2 Å². The minimum absolute atomic E-state index is 0.0753. The number of hydrogen-bond acceptors (Lipinski definition) is 5. The molecule has 0 radical (unpaired) electrons. The van der Waals surface area contributed by atoms with Crippen LogP contribution in [0.2, 0.25) is 0 Å². The summed E-state index contributed by atoms with van der Waals surface area (Å²) in [6.07, 6.45) is 5.09. The van der Waals surface area contributed by atoms with E-state index >= 15 is 0 Å². The molecule has 2 aliphatic heterocycles. The van der Waals surface area contributed by atoms with Gasteiger partial charge in [-0.25, -0.2) is 4.99 Å². The van der Waals surface area contributed by atoms with Crippen LogP contribution in [0.1, 0.15) is 69.1 Å². The lowest BCUT2D eigenvalue weighted by Gasteiger charge is -2.34. The molecule has 2 N–H and O–H groups in total. The summed E-state index contributed by atoms with van der Waals surface area (Å²) in [5, 5.41) is 0. The van der Waals surface area contributed by atoms with Gasteiger partial charge >= 0.3 is 0 Å². The molecule has 1 atom stereocenters. The Kier molecular flexibility index (Phi) is 4.46. The van der Waals surface area contributed by atoms with Gasteiger partial charge in [0.2, 0.25) is 0 Å². The van der Waals surface area contributed by atoms with Crippen LogP contribution in [0.3, 0.4) is 0 Å². The Labute approximate surface area is 178 Å². The highest BCUT2D eigenvalue weighted by atomic mass is 16.5. The Balaban J connectivity index is 1.59. The van der Waals surface area contributed by atoms with Gasteiger partial charge in [-0.1, -0.05) is 39.7 Å². The molecule has 2 heterocycles. The molecule has 2 aromatic carbocycles. The molecule has 0 bridgehead atoms. The number of rotatable bonds is 3. The summed E-state index contributed by atoms with van der Waals surface area (Å²) < 4.78 is 18.1. The minimum Gasteiger partial charge on any atom is -0.493 e. The van der Waals surface area contributed by atoms with Crippen LogP contribution in [-0.2, 0) is 10.3 Å². The zero-order valence-corrected chi connectivity index (χ0v) is 18.0. The standard InChI is InChI=1S/C25H30N2O3/c1-24(2,3)14-28-18-9-11-22-20(13-18)25(15-29-23(26)27-25)19-12-17(8-10-21(19)30-22)16-6-4-5-7-16/h8-13,16H,4-7,14-15H2,1-3H3,(H2,26,27)/t25-/m0/s1. The van der Waals surface area contributed by atoms with E-state index in [2.05, 4.69) is 39.0 Å². The lowest BCUT2D eigenvalue weighted by molar-refractivity contribution is 0.197. The van der Waals surface area contributed by atoms with Gasteiger partial charge in [-0.2, -0.15) is 0 Å². The Bertz CT molecular complexity index is 1000. The Morgan fingerprint density at radius 3 is 2.43 bits per heavy atom. The number of benzene rings is 2. The van der Waals surface area contributed by atoms with Crippen LogP contribution in [0.5, 0.6) is 17.2 Å². The van der Waals surface area contributed by atoms with Crippen LogP contribution in [0.25, 0.3) is 0 Å². The summed E-state index contributed by atoms with van der Waals surface area (Å²) in [7, 11) is 0. The molecule has 1 saturated carbocycles. The van der Waals surface area contributed by atoms with Gasteiger partial charge in [0.1, 0.15) is 23.9 Å². The molecule has 0 unspecified atom stereocenters. The van der Waals surface area contributed by atoms with Crippen LogP contribution < -0.4 is 15.2 Å². The zero-order valence-electron chi connectivity index (χ0n) is 18.0. The van der Waals surface area contributed by atoms with E-state index in [0.717, 1.165) is 28.4 Å². The predicted molar refractivity (Wildman–Crippen MR) is 117 cm³/mol. The molecule has 3 aliphatic rings. The van der Waals surface area contributed by atoms with Crippen molar-refractivity contribution in [1.82, 2.24) is 0 Å². The van der Waals surface area contributed by atoms with Crippen molar-refractivity contribution in [3.05, 3.63) is 53.1 Å². The summed E-state index contributed by atoms with van der Waals surface area (Å²) in [4.78, 5) is 4.82. The maximum absolute atomic E-state index is 6.30. The van der Waals surface area contributed by atoms with Crippen LogP contribution >= 0.6 is 0 Å². The highest BCUT2D eigenvalue weighted by Gasteiger charge is 2.47. The van der Waals surface area contributed by atoms with E-state index < -0.39 is 5.54 Å². The van der Waals surface area contributed by atoms with Gasteiger partial charge in [0.05, 0.1) is 6.61 Å². The lowest BCUT2D eigenvalue weighted by Crippen LogP contribution is -2.31. The summed E-state index contributed by atoms with van der Waals surface area (Å²) in [5.41, 5.74) is 8.75. The summed E-state index contributed by atoms with van der Waals surface area (Å²) in [6.45, 7) is 7.48. The Hall–Kier alpha value is -2.69. The molecule has 0 saturated heterocycles. The average molecular weight is 407 g/mol. The van der Waals surface area contributed by atoms with Crippen molar-refractivity contribution in [3.63, 3.8) is 0 Å². The minimum atomic E-state index is -0.692. The molecule has 5 rings (SSSR count). The molecular weight excluding hydrogens is 376 g/mol. The lowest BCUT2D eigenvalue weighted by atomic mass is 9.79. The third-order valence-electron chi connectivity index (χ3n) is 6.29. The molecule has 2 aromatic rings. The van der Waals surface area contributed by atoms with Crippen molar-refractivity contribution >= 4 is 6.02 Å². The molecule has 30 heavy (non-hydrogen) atoms. The largest absolute Gasteiger partial charge is 0.493 e. The van der Waals surface area contributed by atoms with Crippen molar-refractivity contribution in [3.8, 4) is 17.2 Å². The van der Waals surface area contributed by atoms with E-state index in [4.69, 9.17) is 24.9 Å². The van der Waals surface area contributed by atoms with Crippen molar-refractivity contribution in [2.24, 2.45) is 16.1 Å². The predicted octanol–water partition coefficient (Wildman–Crippen LogP) is 5.46.